The molecule has 0 saturated carbocycles. The van der Waals surface area contributed by atoms with Gasteiger partial charge in [0.25, 0.3) is 5.56 Å². The molecule has 2 aromatic carbocycles. The number of methoxy groups -OCH3 is 1. The normalized spacial score (nSPS) is 11.2. The Bertz CT molecular complexity index is 1050. The van der Waals surface area contributed by atoms with E-state index in [1.54, 1.807) is 15.1 Å². The van der Waals surface area contributed by atoms with E-state index in [0.29, 0.717) is 23.2 Å². The van der Waals surface area contributed by atoms with E-state index in [2.05, 4.69) is 10.1 Å². The number of fused-ring (bicyclic) bond motifs is 3. The van der Waals surface area contributed by atoms with Crippen molar-refractivity contribution < 1.29 is 4.74 Å². The molecule has 2 heterocycles. The zero-order valence-corrected chi connectivity index (χ0v) is 12.5. The highest BCUT2D eigenvalue weighted by Gasteiger charge is 2.15. The summed E-state index contributed by atoms with van der Waals surface area (Å²) in [6.07, 6.45) is 0. The maximum atomic E-state index is 12.9. The van der Waals surface area contributed by atoms with Gasteiger partial charge in [-0.25, -0.2) is 0 Å². The third-order valence-electron chi connectivity index (χ3n) is 3.79. The molecule has 114 valence electrons. The number of hydrogen-bond donors (Lipinski definition) is 0. The van der Waals surface area contributed by atoms with Crippen molar-refractivity contribution >= 4 is 16.7 Å². The van der Waals surface area contributed by atoms with Crippen LogP contribution in [0.15, 0.2) is 59.4 Å². The lowest BCUT2D eigenvalue weighted by Crippen LogP contribution is -2.24. The second kappa shape index (κ2) is 5.24. The third-order valence-corrected chi connectivity index (χ3v) is 3.79. The fourth-order valence-corrected chi connectivity index (χ4v) is 2.69. The Morgan fingerprint density at radius 1 is 1.04 bits per heavy atom. The van der Waals surface area contributed by atoms with Gasteiger partial charge < -0.3 is 4.74 Å². The molecule has 23 heavy (non-hydrogen) atoms. The summed E-state index contributed by atoms with van der Waals surface area (Å²) < 4.78 is 8.40. The first-order chi connectivity index (χ1) is 11.3. The number of nitrogens with zero attached hydrogens (tertiary/aromatic N) is 4. The molecule has 4 aromatic rings. The smallest absolute Gasteiger partial charge is 0.337 e. The summed E-state index contributed by atoms with van der Waals surface area (Å²) in [6.45, 7) is 0.426. The molecule has 6 heteroatoms. The van der Waals surface area contributed by atoms with E-state index < -0.39 is 0 Å². The number of ether oxygens (including phenoxy) is 1. The highest BCUT2D eigenvalue weighted by atomic mass is 16.5. The molecule has 2 aromatic heterocycles. The zero-order valence-electron chi connectivity index (χ0n) is 12.5. The van der Waals surface area contributed by atoms with Crippen LogP contribution in [0.25, 0.3) is 16.7 Å². The van der Waals surface area contributed by atoms with Crippen LogP contribution in [0.1, 0.15) is 5.56 Å². The van der Waals surface area contributed by atoms with E-state index in [1.807, 2.05) is 48.5 Å². The topological polar surface area (TPSA) is 61.4 Å². The lowest BCUT2D eigenvalue weighted by Gasteiger charge is -2.09. The molecule has 0 atom stereocenters. The molecule has 4 rings (SSSR count). The van der Waals surface area contributed by atoms with Crippen LogP contribution >= 0.6 is 0 Å². The largest absolute Gasteiger partial charge is 0.466 e. The van der Waals surface area contributed by atoms with Crippen molar-refractivity contribution in [2.75, 3.05) is 7.11 Å². The summed E-state index contributed by atoms with van der Waals surface area (Å²) in [5, 5.41) is 4.93. The minimum absolute atomic E-state index is 0.0907. The molecule has 0 spiro atoms. The van der Waals surface area contributed by atoms with Gasteiger partial charge in [-0.1, -0.05) is 42.5 Å². The summed E-state index contributed by atoms with van der Waals surface area (Å²) in [4.78, 5) is 17.2. The molecule has 0 aliphatic rings. The van der Waals surface area contributed by atoms with Gasteiger partial charge in [0.15, 0.2) is 0 Å². The molecule has 0 aliphatic heterocycles. The average molecular weight is 306 g/mol. The molecule has 0 saturated heterocycles. The number of aromatic nitrogens is 4. The summed E-state index contributed by atoms with van der Waals surface area (Å²) in [7, 11) is 1.51. The van der Waals surface area contributed by atoms with Gasteiger partial charge in [0.2, 0.25) is 5.78 Å². The van der Waals surface area contributed by atoms with Gasteiger partial charge in [-0.15, -0.1) is 5.10 Å². The Hall–Kier alpha value is -3.15. The van der Waals surface area contributed by atoms with Gasteiger partial charge in [-0.05, 0) is 17.7 Å². The Morgan fingerprint density at radius 2 is 1.78 bits per heavy atom. The van der Waals surface area contributed by atoms with Crippen molar-refractivity contribution in [3.8, 4) is 6.01 Å². The molecule has 0 bridgehead atoms. The Labute approximate surface area is 131 Å². The predicted octanol–water partition coefficient (Wildman–Crippen LogP) is 2.10. The Balaban J connectivity index is 2.06. The highest BCUT2D eigenvalue weighted by Crippen LogP contribution is 2.15. The third kappa shape index (κ3) is 2.15. The second-order valence-corrected chi connectivity index (χ2v) is 5.20. The fourth-order valence-electron chi connectivity index (χ4n) is 2.69. The summed E-state index contributed by atoms with van der Waals surface area (Å²) in [6, 6.07) is 17.4. The van der Waals surface area contributed by atoms with Crippen molar-refractivity contribution in [2.45, 2.75) is 6.54 Å². The monoisotopic (exact) mass is 306 g/mol. The quantitative estimate of drug-likeness (QED) is 0.581. The molecule has 0 unspecified atom stereocenters. The van der Waals surface area contributed by atoms with E-state index >= 15 is 0 Å². The van der Waals surface area contributed by atoms with E-state index in [0.717, 1.165) is 5.56 Å². The van der Waals surface area contributed by atoms with Crippen molar-refractivity contribution in [1.82, 2.24) is 19.2 Å². The van der Waals surface area contributed by atoms with Gasteiger partial charge in [0.1, 0.15) is 0 Å². The average Bonchev–Trinajstić information content (AvgIpc) is 3.04. The maximum absolute atomic E-state index is 12.9. The second-order valence-electron chi connectivity index (χ2n) is 5.20. The van der Waals surface area contributed by atoms with Crippen molar-refractivity contribution in [3.05, 3.63) is 70.5 Å². The van der Waals surface area contributed by atoms with Crippen LogP contribution in [-0.4, -0.2) is 26.3 Å². The molecule has 0 amide bonds. The lowest BCUT2D eigenvalue weighted by atomic mass is 10.2. The summed E-state index contributed by atoms with van der Waals surface area (Å²) >= 11 is 0. The number of benzene rings is 2. The van der Waals surface area contributed by atoms with E-state index in [4.69, 9.17) is 4.74 Å². The minimum atomic E-state index is -0.0907. The first-order valence-corrected chi connectivity index (χ1v) is 7.24. The van der Waals surface area contributed by atoms with E-state index in [9.17, 15) is 4.79 Å². The lowest BCUT2D eigenvalue weighted by molar-refractivity contribution is 0.381. The molecular weight excluding hydrogens is 292 g/mol. The molecule has 0 aliphatic carbocycles. The number of rotatable bonds is 3. The zero-order chi connectivity index (χ0) is 15.8. The molecule has 0 radical (unpaired) electrons. The van der Waals surface area contributed by atoms with Gasteiger partial charge in [-0.3, -0.25) is 9.36 Å². The summed E-state index contributed by atoms with van der Waals surface area (Å²) in [5.74, 6) is 0.467. The van der Waals surface area contributed by atoms with Crippen LogP contribution in [-0.2, 0) is 6.54 Å². The first-order valence-electron chi connectivity index (χ1n) is 7.24. The van der Waals surface area contributed by atoms with Gasteiger partial charge in [-0.2, -0.15) is 9.50 Å². The molecule has 6 nitrogen and oxygen atoms in total. The van der Waals surface area contributed by atoms with Crippen molar-refractivity contribution in [3.63, 3.8) is 0 Å². The fraction of sp³-hybridized carbons (Fsp3) is 0.118. The van der Waals surface area contributed by atoms with Gasteiger partial charge in [0.05, 0.1) is 24.6 Å². The summed E-state index contributed by atoms with van der Waals surface area (Å²) in [5.41, 5.74) is 1.65. The molecule has 0 fully saturated rings. The standard InChI is InChI=1S/C17H14N4O2/c1-23-16-18-17-20(11-12-7-3-2-4-8-12)15(22)13-9-5-6-10-14(13)21(17)19-16/h2-10H,11H2,1H3. The first kappa shape index (κ1) is 13.5. The number of hydrogen-bond acceptors (Lipinski definition) is 4. The van der Waals surface area contributed by atoms with Crippen LogP contribution in [0.3, 0.4) is 0 Å². The minimum Gasteiger partial charge on any atom is -0.466 e. The Kier molecular flexibility index (Phi) is 3.08. The maximum Gasteiger partial charge on any atom is 0.337 e. The molecule has 0 N–H and O–H groups in total. The molecular formula is C17H14N4O2. The van der Waals surface area contributed by atoms with Crippen LogP contribution in [0.4, 0.5) is 0 Å². The van der Waals surface area contributed by atoms with Gasteiger partial charge in [0, 0.05) is 0 Å². The SMILES string of the molecule is COc1nc2n(Cc3ccccc3)c(=O)c3ccccc3n2n1. The van der Waals surface area contributed by atoms with Crippen LogP contribution in [0, 0.1) is 0 Å². The van der Waals surface area contributed by atoms with E-state index in [-0.39, 0.29) is 11.6 Å². The predicted molar refractivity (Wildman–Crippen MR) is 86.8 cm³/mol. The van der Waals surface area contributed by atoms with Gasteiger partial charge >= 0.3 is 6.01 Å². The van der Waals surface area contributed by atoms with E-state index in [1.165, 1.54) is 7.11 Å². The highest BCUT2D eigenvalue weighted by molar-refractivity contribution is 5.79. The van der Waals surface area contributed by atoms with Crippen molar-refractivity contribution in [2.24, 2.45) is 0 Å². The van der Waals surface area contributed by atoms with Crippen molar-refractivity contribution in [1.29, 1.82) is 0 Å². The number of para-hydroxylation sites is 1. The van der Waals surface area contributed by atoms with Crippen LogP contribution in [0.2, 0.25) is 0 Å². The van der Waals surface area contributed by atoms with Crippen LogP contribution in [0.5, 0.6) is 6.01 Å². The van der Waals surface area contributed by atoms with Crippen LogP contribution < -0.4 is 10.3 Å². The Morgan fingerprint density at radius 3 is 2.57 bits per heavy atom.